The molecule has 3 heterocycles. The lowest BCUT2D eigenvalue weighted by molar-refractivity contribution is 0.182. The molecular weight excluding hydrogens is 316 g/mol. The van der Waals surface area contributed by atoms with Gasteiger partial charge in [0.25, 0.3) is 0 Å². The average Bonchev–Trinajstić information content (AvgIpc) is 3.16. The van der Waals surface area contributed by atoms with E-state index in [1.807, 2.05) is 22.9 Å². The Labute approximate surface area is 136 Å². The van der Waals surface area contributed by atoms with Crippen LogP contribution in [-0.4, -0.2) is 60.3 Å². The molecule has 1 aliphatic heterocycles. The maximum atomic E-state index is 12.2. The number of hydrogen-bond donors (Lipinski definition) is 0. The van der Waals surface area contributed by atoms with E-state index in [9.17, 15) is 8.42 Å². The molecule has 7 nitrogen and oxygen atoms in total. The zero-order valence-corrected chi connectivity index (χ0v) is 14.0. The van der Waals surface area contributed by atoms with Gasteiger partial charge in [0.15, 0.2) is 0 Å². The van der Waals surface area contributed by atoms with Crippen molar-refractivity contribution in [2.24, 2.45) is 5.92 Å². The van der Waals surface area contributed by atoms with E-state index in [-0.39, 0.29) is 17.7 Å². The van der Waals surface area contributed by atoms with Crippen molar-refractivity contribution >= 4 is 10.0 Å². The Kier molecular flexibility index (Phi) is 4.47. The van der Waals surface area contributed by atoms with Crippen LogP contribution in [-0.2, 0) is 14.8 Å². The van der Waals surface area contributed by atoms with Crippen LogP contribution in [0, 0.1) is 5.92 Å². The van der Waals surface area contributed by atoms with Crippen LogP contribution >= 0.6 is 0 Å². The van der Waals surface area contributed by atoms with Crippen molar-refractivity contribution in [3.05, 3.63) is 36.9 Å². The van der Waals surface area contributed by atoms with Crippen LogP contribution in [0.5, 0.6) is 0 Å². The Hall–Kier alpha value is -1.77. The van der Waals surface area contributed by atoms with Crippen molar-refractivity contribution in [3.8, 4) is 11.4 Å². The molecule has 0 unspecified atom stereocenters. The fourth-order valence-electron chi connectivity index (χ4n) is 2.77. The largest absolute Gasteiger partial charge is 0.379 e. The summed E-state index contributed by atoms with van der Waals surface area (Å²) in [4.78, 5) is 8.53. The van der Waals surface area contributed by atoms with Gasteiger partial charge in [-0.1, -0.05) is 0 Å². The molecule has 1 saturated heterocycles. The summed E-state index contributed by atoms with van der Waals surface area (Å²) in [6, 6.07) is 3.74. The third-order valence-electron chi connectivity index (χ3n) is 4.09. The predicted molar refractivity (Wildman–Crippen MR) is 86.3 cm³/mol. The highest BCUT2D eigenvalue weighted by atomic mass is 32.2. The highest BCUT2D eigenvalue weighted by Gasteiger charge is 2.35. The van der Waals surface area contributed by atoms with Gasteiger partial charge >= 0.3 is 0 Å². The van der Waals surface area contributed by atoms with Gasteiger partial charge in [0.2, 0.25) is 10.0 Å². The molecule has 0 aromatic carbocycles. The number of sulfonamides is 1. The Morgan fingerprint density at radius 3 is 2.87 bits per heavy atom. The summed E-state index contributed by atoms with van der Waals surface area (Å²) >= 11 is 0. The maximum Gasteiger partial charge on any atom is 0.214 e. The van der Waals surface area contributed by atoms with Gasteiger partial charge in [0, 0.05) is 50.4 Å². The molecule has 0 saturated carbocycles. The zero-order chi connectivity index (χ0) is 16.4. The standard InChI is InChI=1S/C15H20N4O3S/c1-18(2)23(20,21)11-13-9-22-10-14(13)19-7-6-17-15(19)12-4-3-5-16-8-12/h3-8,13-14H,9-11H2,1-2H3/t13-,14+/m0/s1. The molecule has 2 aromatic rings. The third-order valence-corrected chi connectivity index (χ3v) is 6.05. The number of aromatic nitrogens is 3. The van der Waals surface area contributed by atoms with Gasteiger partial charge in [0.1, 0.15) is 5.82 Å². The molecule has 2 aromatic heterocycles. The SMILES string of the molecule is CN(C)S(=O)(=O)C[C@@H]1COC[C@H]1n1ccnc1-c1cccnc1. The lowest BCUT2D eigenvalue weighted by Gasteiger charge is -2.22. The summed E-state index contributed by atoms with van der Waals surface area (Å²) in [5, 5.41) is 0. The fraction of sp³-hybridized carbons (Fsp3) is 0.467. The van der Waals surface area contributed by atoms with E-state index in [1.165, 1.54) is 4.31 Å². The van der Waals surface area contributed by atoms with E-state index >= 15 is 0 Å². The van der Waals surface area contributed by atoms with E-state index in [0.717, 1.165) is 11.4 Å². The van der Waals surface area contributed by atoms with Gasteiger partial charge in [-0.25, -0.2) is 17.7 Å². The van der Waals surface area contributed by atoms with Crippen molar-refractivity contribution in [2.45, 2.75) is 6.04 Å². The van der Waals surface area contributed by atoms with E-state index in [0.29, 0.717) is 13.2 Å². The molecule has 0 bridgehead atoms. The summed E-state index contributed by atoms with van der Waals surface area (Å²) < 4.78 is 33.2. The second kappa shape index (κ2) is 6.38. The topological polar surface area (TPSA) is 77.3 Å². The molecule has 2 atom stereocenters. The number of ether oxygens (including phenoxy) is 1. The number of imidazole rings is 1. The molecule has 8 heteroatoms. The normalized spacial score (nSPS) is 21.9. The van der Waals surface area contributed by atoms with Gasteiger partial charge in [-0.3, -0.25) is 4.98 Å². The predicted octanol–water partition coefficient (Wildman–Crippen LogP) is 1.02. The molecule has 0 radical (unpaired) electrons. The molecule has 1 aliphatic rings. The first-order valence-electron chi connectivity index (χ1n) is 7.40. The fourth-order valence-corrected chi connectivity index (χ4v) is 3.93. The maximum absolute atomic E-state index is 12.2. The summed E-state index contributed by atoms with van der Waals surface area (Å²) in [5.74, 6) is 0.739. The highest BCUT2D eigenvalue weighted by Crippen LogP contribution is 2.31. The summed E-state index contributed by atoms with van der Waals surface area (Å²) in [7, 11) is -0.168. The summed E-state index contributed by atoms with van der Waals surface area (Å²) in [6.45, 7) is 0.916. The molecule has 0 aliphatic carbocycles. The van der Waals surface area contributed by atoms with Crippen LogP contribution < -0.4 is 0 Å². The lowest BCUT2D eigenvalue weighted by Crippen LogP contribution is -2.32. The van der Waals surface area contributed by atoms with Crippen LogP contribution in [0.3, 0.4) is 0 Å². The van der Waals surface area contributed by atoms with Gasteiger partial charge in [-0.05, 0) is 12.1 Å². The minimum absolute atomic E-state index is 0.0533. The zero-order valence-electron chi connectivity index (χ0n) is 13.2. The average molecular weight is 336 g/mol. The Balaban J connectivity index is 1.89. The quantitative estimate of drug-likeness (QED) is 0.815. The van der Waals surface area contributed by atoms with Crippen molar-refractivity contribution in [3.63, 3.8) is 0 Å². The van der Waals surface area contributed by atoms with E-state index in [2.05, 4.69) is 9.97 Å². The van der Waals surface area contributed by atoms with Gasteiger partial charge in [-0.15, -0.1) is 0 Å². The minimum atomic E-state index is -3.28. The number of hydrogen-bond acceptors (Lipinski definition) is 5. The molecule has 124 valence electrons. The van der Waals surface area contributed by atoms with E-state index in [1.54, 1.807) is 32.7 Å². The smallest absolute Gasteiger partial charge is 0.214 e. The third kappa shape index (κ3) is 3.29. The second-order valence-corrected chi connectivity index (χ2v) is 8.05. The summed E-state index contributed by atoms with van der Waals surface area (Å²) in [6.07, 6.45) is 7.05. The molecule has 0 amide bonds. The molecule has 0 spiro atoms. The van der Waals surface area contributed by atoms with Crippen molar-refractivity contribution in [1.29, 1.82) is 0 Å². The second-order valence-electron chi connectivity index (χ2n) is 5.83. The number of pyridine rings is 1. The van der Waals surface area contributed by atoms with Gasteiger partial charge in [-0.2, -0.15) is 0 Å². The molecule has 0 N–H and O–H groups in total. The van der Waals surface area contributed by atoms with Crippen LogP contribution in [0.1, 0.15) is 6.04 Å². The lowest BCUT2D eigenvalue weighted by atomic mass is 10.1. The highest BCUT2D eigenvalue weighted by molar-refractivity contribution is 7.89. The van der Waals surface area contributed by atoms with E-state index < -0.39 is 10.0 Å². The summed E-state index contributed by atoms with van der Waals surface area (Å²) in [5.41, 5.74) is 0.901. The first-order chi connectivity index (χ1) is 11.0. The molecule has 23 heavy (non-hydrogen) atoms. The van der Waals surface area contributed by atoms with Crippen molar-refractivity contribution < 1.29 is 13.2 Å². The van der Waals surface area contributed by atoms with Gasteiger partial charge in [0.05, 0.1) is 25.0 Å². The van der Waals surface area contributed by atoms with Crippen LogP contribution in [0.25, 0.3) is 11.4 Å². The number of nitrogens with zero attached hydrogens (tertiary/aromatic N) is 4. The van der Waals surface area contributed by atoms with E-state index in [4.69, 9.17) is 4.74 Å². The van der Waals surface area contributed by atoms with Crippen molar-refractivity contribution in [1.82, 2.24) is 18.8 Å². The van der Waals surface area contributed by atoms with Crippen LogP contribution in [0.15, 0.2) is 36.9 Å². The van der Waals surface area contributed by atoms with Crippen LogP contribution in [0.4, 0.5) is 0 Å². The molecule has 1 fully saturated rings. The monoisotopic (exact) mass is 336 g/mol. The first-order valence-corrected chi connectivity index (χ1v) is 9.01. The Morgan fingerprint density at radius 1 is 1.35 bits per heavy atom. The molecular formula is C15H20N4O3S. The Bertz CT molecular complexity index is 758. The van der Waals surface area contributed by atoms with Crippen molar-refractivity contribution in [2.75, 3.05) is 33.1 Å². The molecule has 3 rings (SSSR count). The first kappa shape index (κ1) is 16.1. The Morgan fingerprint density at radius 2 is 2.17 bits per heavy atom. The van der Waals surface area contributed by atoms with Gasteiger partial charge < -0.3 is 9.30 Å². The number of rotatable bonds is 5. The minimum Gasteiger partial charge on any atom is -0.379 e. The van der Waals surface area contributed by atoms with Crippen LogP contribution in [0.2, 0.25) is 0 Å².